The number of carbonyl (C=O) groups excluding carboxylic acids is 6. The largest absolute Gasteiger partial charge is 0.508 e. The zero-order valence-electron chi connectivity index (χ0n) is 46.0. The maximum atomic E-state index is 14.1. The summed E-state index contributed by atoms with van der Waals surface area (Å²) in [7, 11) is 3.48. The SMILES string of the molecule is CN1CC(=O)N2[C@@H](Cc3ccc(O)cc3)C(=O)N(Cc3cccc4[nH]ncc34)C[C@@H]2N1C(=O)NCc1ccccc1.Cc1ccc(C[C@H]2C(=O)N(Cc3ccc4cn[nH]c4c3)C[C@H]3N2C(=O)CN(C)N3C(=O)CCc2ccccc2)cc1. The van der Waals surface area contributed by atoms with E-state index < -0.39 is 24.4 Å². The molecule has 6 aromatic carbocycles. The third-order valence-electron chi connectivity index (χ3n) is 15.8. The lowest BCUT2D eigenvalue weighted by Crippen LogP contribution is -2.76. The fourth-order valence-corrected chi connectivity index (χ4v) is 11.7. The summed E-state index contributed by atoms with van der Waals surface area (Å²) in [6.07, 6.45) is 3.74. The second kappa shape index (κ2) is 23.7. The molecule has 4 aliphatic rings. The van der Waals surface area contributed by atoms with Crippen molar-refractivity contribution in [2.45, 2.75) is 76.7 Å². The first kappa shape index (κ1) is 54.6. The second-order valence-corrected chi connectivity index (χ2v) is 21.5. The Morgan fingerprint density at radius 1 is 0.598 bits per heavy atom. The number of hydrazine groups is 2. The highest BCUT2D eigenvalue weighted by Crippen LogP contribution is 2.32. The fraction of sp³-hybridized carbons (Fsp3) is 0.290. The zero-order chi connectivity index (χ0) is 57.0. The van der Waals surface area contributed by atoms with E-state index in [-0.39, 0.29) is 73.9 Å². The minimum atomic E-state index is -0.826. The Kier molecular flexibility index (Phi) is 15.8. The van der Waals surface area contributed by atoms with Gasteiger partial charge in [0, 0.05) is 63.8 Å². The number of aryl methyl sites for hydroxylation is 2. The van der Waals surface area contributed by atoms with E-state index in [9.17, 15) is 33.9 Å². The van der Waals surface area contributed by atoms with Gasteiger partial charge in [-0.3, -0.25) is 39.2 Å². The quantitative estimate of drug-likeness (QED) is 0.109. The lowest BCUT2D eigenvalue weighted by molar-refractivity contribution is -0.202. The summed E-state index contributed by atoms with van der Waals surface area (Å²) in [4.78, 5) is 89.3. The average Bonchev–Trinajstić information content (AvgIpc) is 3.93. The van der Waals surface area contributed by atoms with Crippen LogP contribution >= 0.6 is 0 Å². The number of amides is 7. The molecule has 4 atom stereocenters. The summed E-state index contributed by atoms with van der Waals surface area (Å²) < 4.78 is 0. The molecule has 20 heteroatoms. The number of phenols is 1. The fourth-order valence-electron chi connectivity index (χ4n) is 11.7. The van der Waals surface area contributed by atoms with Crippen molar-refractivity contribution in [3.63, 3.8) is 0 Å². The number of nitrogens with one attached hydrogen (secondary N) is 3. The lowest BCUT2D eigenvalue weighted by atomic mass is 9.97. The highest BCUT2D eigenvalue weighted by molar-refractivity contribution is 5.93. The minimum Gasteiger partial charge on any atom is -0.508 e. The molecular formula is C62H65N13O7. The Morgan fingerprint density at radius 2 is 1.16 bits per heavy atom. The van der Waals surface area contributed by atoms with Gasteiger partial charge in [-0.2, -0.15) is 10.2 Å². The predicted molar refractivity (Wildman–Crippen MR) is 306 cm³/mol. The van der Waals surface area contributed by atoms with E-state index in [1.165, 1.54) is 0 Å². The number of hydrogen-bond acceptors (Lipinski definition) is 11. The van der Waals surface area contributed by atoms with Crippen LogP contribution in [0.3, 0.4) is 0 Å². The number of phenolic OH excluding ortho intramolecular Hbond substituents is 1. The third-order valence-corrected chi connectivity index (χ3v) is 15.8. The zero-order valence-corrected chi connectivity index (χ0v) is 46.0. The molecule has 0 unspecified atom stereocenters. The molecule has 2 aromatic heterocycles. The molecule has 4 saturated heterocycles. The first-order valence-electron chi connectivity index (χ1n) is 27.5. The number of rotatable bonds is 13. The molecule has 0 radical (unpaired) electrons. The van der Waals surface area contributed by atoms with Crippen molar-refractivity contribution in [2.24, 2.45) is 0 Å². The number of carbonyl (C=O) groups is 6. The van der Waals surface area contributed by atoms with Crippen molar-refractivity contribution in [1.29, 1.82) is 0 Å². The van der Waals surface area contributed by atoms with Gasteiger partial charge in [0.05, 0.1) is 49.6 Å². The van der Waals surface area contributed by atoms with Crippen LogP contribution < -0.4 is 5.32 Å². The van der Waals surface area contributed by atoms with Gasteiger partial charge in [0.1, 0.15) is 30.2 Å². The Balaban J connectivity index is 0.000000172. The van der Waals surface area contributed by atoms with Crippen molar-refractivity contribution >= 4 is 57.4 Å². The number of likely N-dealkylation sites (N-methyl/N-ethyl adjacent to an activating group) is 2. The van der Waals surface area contributed by atoms with Gasteiger partial charge in [-0.25, -0.2) is 19.8 Å². The minimum absolute atomic E-state index is 0.0387. The Bertz CT molecular complexity index is 3610. The third kappa shape index (κ3) is 11.6. The molecule has 7 amide bonds. The number of aromatic amines is 2. The van der Waals surface area contributed by atoms with Gasteiger partial charge in [0.15, 0.2) is 0 Å². The van der Waals surface area contributed by atoms with E-state index in [4.69, 9.17) is 0 Å². The Labute approximate surface area is 474 Å². The molecule has 82 heavy (non-hydrogen) atoms. The van der Waals surface area contributed by atoms with Crippen molar-refractivity contribution < 1.29 is 33.9 Å². The number of hydrogen-bond donors (Lipinski definition) is 4. The average molecular weight is 1100 g/mol. The number of benzene rings is 6. The molecule has 0 saturated carbocycles. The highest BCUT2D eigenvalue weighted by Gasteiger charge is 2.52. The Morgan fingerprint density at radius 3 is 1.82 bits per heavy atom. The predicted octanol–water partition coefficient (Wildman–Crippen LogP) is 5.75. The van der Waals surface area contributed by atoms with Crippen molar-refractivity contribution in [3.05, 3.63) is 197 Å². The smallest absolute Gasteiger partial charge is 0.334 e. The van der Waals surface area contributed by atoms with Gasteiger partial charge in [-0.15, -0.1) is 0 Å². The number of H-pyrrole nitrogens is 2. The number of aromatic nitrogens is 4. The summed E-state index contributed by atoms with van der Waals surface area (Å²) in [5.74, 6) is -0.625. The van der Waals surface area contributed by atoms with Crippen LogP contribution in [0.4, 0.5) is 4.79 Å². The molecule has 8 aromatic rings. The van der Waals surface area contributed by atoms with Crippen LogP contribution in [0.5, 0.6) is 5.75 Å². The summed E-state index contributed by atoms with van der Waals surface area (Å²) in [5.41, 5.74) is 8.56. The first-order valence-corrected chi connectivity index (χ1v) is 27.5. The Hall–Kier alpha value is -9.40. The number of nitrogens with zero attached hydrogens (tertiary/aromatic N) is 10. The number of fused-ring (bicyclic) bond motifs is 4. The van der Waals surface area contributed by atoms with Crippen LogP contribution in [0, 0.1) is 6.92 Å². The molecule has 0 bridgehead atoms. The van der Waals surface area contributed by atoms with Gasteiger partial charge < -0.3 is 30.0 Å². The molecule has 0 spiro atoms. The van der Waals surface area contributed by atoms with Crippen LogP contribution in [0.2, 0.25) is 0 Å². The summed E-state index contributed by atoms with van der Waals surface area (Å²) in [6, 6.07) is 44.0. The second-order valence-electron chi connectivity index (χ2n) is 21.5. The van der Waals surface area contributed by atoms with Crippen molar-refractivity contribution in [3.8, 4) is 5.75 Å². The topological polar surface area (TPSA) is 218 Å². The molecule has 4 N–H and O–H groups in total. The summed E-state index contributed by atoms with van der Waals surface area (Å²) >= 11 is 0. The van der Waals surface area contributed by atoms with Crippen LogP contribution in [0.15, 0.2) is 158 Å². The number of piperazine rings is 2. The standard InChI is InChI=1S/C32H34N6O3.C30H31N7O4/c1-22-8-10-24(11-9-22)17-28-32(41)36(19-25-12-14-26-18-33-34-27(26)16-25)20-29-37(28)31(40)21-35(2)38(29)30(39)15-13-23-6-4-3-5-7-23;1-34-19-28(39)36-26(14-20-10-12-23(38)13-11-20)29(40)35(17-22-8-5-9-25-24(22)16-32-33-25)18-27(36)37(34)30(41)31-15-21-6-3-2-4-7-21/h3-12,14,16,18,28-29H,13,15,17,19-21H2,1-2H3,(H,33,34);2-13,16,26-27,38H,14-15,17-19H2,1H3,(H,31,41)(H,32,33)/t28-,29-;26-,27-/m00/s1. The normalized spacial score (nSPS) is 19.5. The molecule has 12 rings (SSSR count). The maximum Gasteiger partial charge on any atom is 0.334 e. The maximum absolute atomic E-state index is 14.1. The van der Waals surface area contributed by atoms with E-state index in [2.05, 4.69) is 25.7 Å². The van der Waals surface area contributed by atoms with Crippen molar-refractivity contribution in [1.82, 2.24) is 65.3 Å². The lowest BCUT2D eigenvalue weighted by Gasteiger charge is -2.54. The van der Waals surface area contributed by atoms with E-state index in [0.29, 0.717) is 38.9 Å². The van der Waals surface area contributed by atoms with E-state index in [0.717, 1.165) is 60.8 Å². The van der Waals surface area contributed by atoms with Crippen LogP contribution in [0.1, 0.15) is 45.4 Å². The van der Waals surface area contributed by atoms with E-state index in [1.807, 2.05) is 128 Å². The van der Waals surface area contributed by atoms with Gasteiger partial charge in [-0.1, -0.05) is 127 Å². The monoisotopic (exact) mass is 1100 g/mol. The van der Waals surface area contributed by atoms with Gasteiger partial charge in [0.25, 0.3) is 0 Å². The van der Waals surface area contributed by atoms with Crippen molar-refractivity contribution in [2.75, 3.05) is 40.3 Å². The highest BCUT2D eigenvalue weighted by atomic mass is 16.3. The van der Waals surface area contributed by atoms with Crippen LogP contribution in [0.25, 0.3) is 21.8 Å². The molecule has 6 heterocycles. The molecule has 4 aliphatic heterocycles. The van der Waals surface area contributed by atoms with Gasteiger partial charge in [0.2, 0.25) is 29.5 Å². The first-order chi connectivity index (χ1) is 39.8. The summed E-state index contributed by atoms with van der Waals surface area (Å²) in [5, 5.41) is 35.5. The molecule has 420 valence electrons. The van der Waals surface area contributed by atoms with Gasteiger partial charge in [-0.05, 0) is 71.0 Å². The van der Waals surface area contributed by atoms with Gasteiger partial charge >= 0.3 is 6.03 Å². The molecular weight excluding hydrogens is 1040 g/mol. The van der Waals surface area contributed by atoms with Crippen LogP contribution in [-0.2, 0) is 62.9 Å². The van der Waals surface area contributed by atoms with E-state index in [1.54, 1.807) is 90.4 Å². The molecule has 0 aliphatic carbocycles. The summed E-state index contributed by atoms with van der Waals surface area (Å²) in [6.45, 7) is 3.39. The number of urea groups is 1. The molecule has 4 fully saturated rings. The number of aromatic hydroxyl groups is 1. The van der Waals surface area contributed by atoms with E-state index >= 15 is 0 Å². The van der Waals surface area contributed by atoms with Crippen LogP contribution in [-0.4, -0.2) is 165 Å². The molecule has 20 nitrogen and oxygen atoms in total.